The molecule has 7 heteroatoms. The Labute approximate surface area is 185 Å². The van der Waals surface area contributed by atoms with Gasteiger partial charge >= 0.3 is 0 Å². The van der Waals surface area contributed by atoms with Crippen molar-refractivity contribution in [2.45, 2.75) is 63.8 Å². The van der Waals surface area contributed by atoms with Gasteiger partial charge in [-0.25, -0.2) is 4.99 Å². The Balaban J connectivity index is 0.00000364. The monoisotopic (exact) mass is 504 g/mol. The van der Waals surface area contributed by atoms with Crippen LogP contribution in [0.4, 0.5) is 5.69 Å². The summed E-state index contributed by atoms with van der Waals surface area (Å²) in [5.74, 6) is 0.955. The predicted molar refractivity (Wildman–Crippen MR) is 128 cm³/mol. The highest BCUT2D eigenvalue weighted by molar-refractivity contribution is 14.0. The Hall–Kier alpha value is -0.960. The van der Waals surface area contributed by atoms with Crippen molar-refractivity contribution in [3.63, 3.8) is 0 Å². The first-order valence-corrected chi connectivity index (χ1v) is 10.9. The van der Waals surface area contributed by atoms with E-state index in [0.717, 1.165) is 35.4 Å². The van der Waals surface area contributed by atoms with Gasteiger partial charge in [-0.2, -0.15) is 11.8 Å². The fraction of sp³-hybridized carbons (Fsp3) is 0.600. The minimum absolute atomic E-state index is 0. The number of amides is 1. The summed E-state index contributed by atoms with van der Waals surface area (Å²) in [4.78, 5) is 16.4. The molecule has 2 unspecified atom stereocenters. The number of thioether (sulfide) groups is 1. The van der Waals surface area contributed by atoms with Crippen LogP contribution in [-0.4, -0.2) is 36.0 Å². The van der Waals surface area contributed by atoms with Crippen molar-refractivity contribution in [3.05, 3.63) is 29.8 Å². The van der Waals surface area contributed by atoms with E-state index in [1.807, 2.05) is 43.0 Å². The van der Waals surface area contributed by atoms with E-state index in [1.54, 1.807) is 0 Å². The molecular weight excluding hydrogens is 471 g/mol. The van der Waals surface area contributed by atoms with Gasteiger partial charge in [0.1, 0.15) is 0 Å². The van der Waals surface area contributed by atoms with Gasteiger partial charge in [-0.15, -0.1) is 24.0 Å². The molecule has 1 aromatic rings. The van der Waals surface area contributed by atoms with Gasteiger partial charge in [0, 0.05) is 29.9 Å². The maximum atomic E-state index is 11.6. The van der Waals surface area contributed by atoms with Crippen LogP contribution in [0, 0.1) is 0 Å². The minimum atomic E-state index is 0. The van der Waals surface area contributed by atoms with Crippen LogP contribution in [0.25, 0.3) is 0 Å². The van der Waals surface area contributed by atoms with Gasteiger partial charge in [0.25, 0.3) is 0 Å². The minimum Gasteiger partial charge on any atom is -0.357 e. The van der Waals surface area contributed by atoms with Crippen LogP contribution in [0.1, 0.15) is 51.5 Å². The average molecular weight is 504 g/mol. The lowest BCUT2D eigenvalue weighted by Gasteiger charge is -2.17. The van der Waals surface area contributed by atoms with E-state index in [2.05, 4.69) is 29.1 Å². The number of halogens is 1. The molecule has 1 fully saturated rings. The Morgan fingerprint density at radius 3 is 2.56 bits per heavy atom. The van der Waals surface area contributed by atoms with E-state index < -0.39 is 0 Å². The molecule has 0 radical (unpaired) electrons. The van der Waals surface area contributed by atoms with Crippen LogP contribution in [0.5, 0.6) is 0 Å². The third kappa shape index (κ3) is 8.72. The first-order valence-electron chi connectivity index (χ1n) is 9.61. The molecule has 0 aliphatic heterocycles. The van der Waals surface area contributed by atoms with Crippen LogP contribution >= 0.6 is 35.7 Å². The van der Waals surface area contributed by atoms with E-state index in [-0.39, 0.29) is 29.9 Å². The van der Waals surface area contributed by atoms with Crippen molar-refractivity contribution in [1.29, 1.82) is 0 Å². The third-order valence-corrected chi connectivity index (χ3v) is 5.63. The fourth-order valence-corrected chi connectivity index (χ4v) is 3.91. The molecule has 1 amide bonds. The van der Waals surface area contributed by atoms with Crippen molar-refractivity contribution in [2.24, 2.45) is 4.99 Å². The standard InChI is InChI=1S/C20H32N4OS.HI/c1-4-6-19(25)23-16-9-7-15(8-10-16)14-22-20(21-5-2)24-17-11-12-18(13-17)26-3;/h7-10,17-18H,4-6,11-14H2,1-3H3,(H,23,25)(H2,21,22,24);1H. The zero-order valence-corrected chi connectivity index (χ0v) is 19.7. The summed E-state index contributed by atoms with van der Waals surface area (Å²) in [5.41, 5.74) is 1.97. The number of nitrogens with one attached hydrogen (secondary N) is 3. The van der Waals surface area contributed by atoms with Crippen LogP contribution in [0.3, 0.4) is 0 Å². The Bertz CT molecular complexity index is 594. The molecule has 2 rings (SSSR count). The van der Waals surface area contributed by atoms with Gasteiger partial charge < -0.3 is 16.0 Å². The SMILES string of the molecule is CCCC(=O)Nc1ccc(CN=C(NCC)NC2CCC(SC)C2)cc1.I. The smallest absolute Gasteiger partial charge is 0.224 e. The number of carbonyl (C=O) groups excluding carboxylic acids is 1. The lowest BCUT2D eigenvalue weighted by Crippen LogP contribution is -2.42. The third-order valence-electron chi connectivity index (χ3n) is 4.54. The Morgan fingerprint density at radius 2 is 1.96 bits per heavy atom. The number of rotatable bonds is 8. The first-order chi connectivity index (χ1) is 12.6. The number of benzene rings is 1. The van der Waals surface area contributed by atoms with Crippen molar-refractivity contribution >= 4 is 53.3 Å². The van der Waals surface area contributed by atoms with Crippen LogP contribution in [0.2, 0.25) is 0 Å². The zero-order valence-electron chi connectivity index (χ0n) is 16.6. The van der Waals surface area contributed by atoms with Crippen molar-refractivity contribution in [1.82, 2.24) is 10.6 Å². The van der Waals surface area contributed by atoms with Crippen molar-refractivity contribution in [2.75, 3.05) is 18.1 Å². The molecule has 27 heavy (non-hydrogen) atoms. The van der Waals surface area contributed by atoms with Crippen molar-refractivity contribution in [3.8, 4) is 0 Å². The van der Waals surface area contributed by atoms with E-state index >= 15 is 0 Å². The summed E-state index contributed by atoms with van der Waals surface area (Å²) in [7, 11) is 0. The van der Waals surface area contributed by atoms with E-state index in [9.17, 15) is 4.79 Å². The molecule has 3 N–H and O–H groups in total. The second kappa shape index (κ2) is 13.3. The number of aliphatic imine (C=N–C) groups is 1. The van der Waals surface area contributed by atoms with E-state index in [0.29, 0.717) is 19.0 Å². The molecule has 2 atom stereocenters. The molecule has 1 aliphatic carbocycles. The number of hydrogen-bond donors (Lipinski definition) is 3. The predicted octanol–water partition coefficient (Wildman–Crippen LogP) is 4.38. The average Bonchev–Trinajstić information content (AvgIpc) is 3.09. The Kier molecular flexibility index (Phi) is 11.8. The van der Waals surface area contributed by atoms with Gasteiger partial charge in [-0.3, -0.25) is 4.79 Å². The molecular formula is C20H33IN4OS. The van der Waals surface area contributed by atoms with Crippen LogP contribution in [0.15, 0.2) is 29.3 Å². The Morgan fingerprint density at radius 1 is 1.22 bits per heavy atom. The summed E-state index contributed by atoms with van der Waals surface area (Å²) in [6.07, 6.45) is 7.31. The van der Waals surface area contributed by atoms with E-state index in [1.165, 1.54) is 19.3 Å². The second-order valence-electron chi connectivity index (χ2n) is 6.70. The van der Waals surface area contributed by atoms with Crippen LogP contribution in [-0.2, 0) is 11.3 Å². The summed E-state index contributed by atoms with van der Waals surface area (Å²) in [5, 5.41) is 10.6. The summed E-state index contributed by atoms with van der Waals surface area (Å²) >= 11 is 1.97. The van der Waals surface area contributed by atoms with Gasteiger partial charge in [0.05, 0.1) is 6.54 Å². The number of nitrogens with zero attached hydrogens (tertiary/aromatic N) is 1. The van der Waals surface area contributed by atoms with Gasteiger partial charge in [-0.05, 0) is 56.6 Å². The highest BCUT2D eigenvalue weighted by atomic mass is 127. The van der Waals surface area contributed by atoms with Gasteiger partial charge in [-0.1, -0.05) is 19.1 Å². The number of hydrogen-bond acceptors (Lipinski definition) is 3. The molecule has 152 valence electrons. The molecule has 1 saturated carbocycles. The molecule has 0 bridgehead atoms. The summed E-state index contributed by atoms with van der Waals surface area (Å²) in [6.45, 7) is 5.57. The van der Waals surface area contributed by atoms with Gasteiger partial charge in [0.2, 0.25) is 5.91 Å². The van der Waals surface area contributed by atoms with Gasteiger partial charge in [0.15, 0.2) is 5.96 Å². The lowest BCUT2D eigenvalue weighted by atomic mass is 10.2. The highest BCUT2D eigenvalue weighted by Crippen LogP contribution is 2.28. The number of anilines is 1. The van der Waals surface area contributed by atoms with E-state index in [4.69, 9.17) is 4.99 Å². The second-order valence-corrected chi connectivity index (χ2v) is 7.84. The quantitative estimate of drug-likeness (QED) is 0.279. The molecule has 0 heterocycles. The molecule has 5 nitrogen and oxygen atoms in total. The van der Waals surface area contributed by atoms with Crippen molar-refractivity contribution < 1.29 is 4.79 Å². The fourth-order valence-electron chi connectivity index (χ4n) is 3.11. The van der Waals surface area contributed by atoms with Crippen LogP contribution < -0.4 is 16.0 Å². The highest BCUT2D eigenvalue weighted by Gasteiger charge is 2.24. The maximum absolute atomic E-state index is 11.6. The molecule has 0 saturated heterocycles. The molecule has 1 aliphatic rings. The maximum Gasteiger partial charge on any atom is 0.224 e. The molecule has 0 spiro atoms. The first kappa shape index (κ1) is 24.1. The topological polar surface area (TPSA) is 65.5 Å². The number of guanidine groups is 1. The largest absolute Gasteiger partial charge is 0.357 e. The summed E-state index contributed by atoms with van der Waals surface area (Å²) in [6, 6.07) is 8.45. The summed E-state index contributed by atoms with van der Waals surface area (Å²) < 4.78 is 0. The lowest BCUT2D eigenvalue weighted by molar-refractivity contribution is -0.116. The molecule has 1 aromatic carbocycles. The zero-order chi connectivity index (χ0) is 18.8. The number of carbonyl (C=O) groups is 1. The normalized spacial score (nSPS) is 19.3. The molecule has 0 aromatic heterocycles.